The van der Waals surface area contributed by atoms with Crippen molar-refractivity contribution in [3.05, 3.63) is 71.8 Å². The largest absolute Gasteiger partial charge is 0.466 e. The summed E-state index contributed by atoms with van der Waals surface area (Å²) in [6.45, 7) is 2.73. The summed E-state index contributed by atoms with van der Waals surface area (Å²) in [7, 11) is 1.72. The first-order valence-electron chi connectivity index (χ1n) is 12.3. The second-order valence-electron chi connectivity index (χ2n) is 8.46. The average Bonchev–Trinajstić information content (AvgIpc) is 2.85. The molecule has 184 valence electrons. The van der Waals surface area contributed by atoms with Gasteiger partial charge in [0.25, 0.3) is 0 Å². The van der Waals surface area contributed by atoms with Gasteiger partial charge in [-0.2, -0.15) is 0 Å². The maximum absolute atomic E-state index is 13.1. The Kier molecular flexibility index (Phi) is 12.5. The summed E-state index contributed by atoms with van der Waals surface area (Å²) >= 11 is 0. The molecule has 0 aliphatic rings. The third-order valence-corrected chi connectivity index (χ3v) is 5.82. The van der Waals surface area contributed by atoms with Gasteiger partial charge in [0.05, 0.1) is 6.61 Å². The normalized spacial score (nSPS) is 11.5. The highest BCUT2D eigenvalue weighted by Gasteiger charge is 2.26. The maximum atomic E-state index is 13.1. The van der Waals surface area contributed by atoms with Crippen molar-refractivity contribution in [3.8, 4) is 0 Å². The smallest absolute Gasteiger partial charge is 0.305 e. The van der Waals surface area contributed by atoms with Crippen LogP contribution in [0.4, 0.5) is 0 Å². The molecule has 2 aromatic rings. The number of hydrogen-bond donors (Lipinski definition) is 1. The molecule has 2 amide bonds. The minimum atomic E-state index is -0.561. The summed E-state index contributed by atoms with van der Waals surface area (Å²) < 4.78 is 4.93. The molecule has 6 heteroatoms. The van der Waals surface area contributed by atoms with E-state index in [1.165, 1.54) is 0 Å². The molecule has 0 saturated heterocycles. The molecule has 0 spiro atoms. The van der Waals surface area contributed by atoms with Crippen molar-refractivity contribution in [3.63, 3.8) is 0 Å². The number of nitrogens with one attached hydrogen (secondary N) is 1. The van der Waals surface area contributed by atoms with Crippen LogP contribution in [0, 0.1) is 0 Å². The van der Waals surface area contributed by atoms with Crippen LogP contribution in [0.1, 0.15) is 56.6 Å². The van der Waals surface area contributed by atoms with Gasteiger partial charge >= 0.3 is 5.97 Å². The molecular formula is C28H38N2O4. The summed E-state index contributed by atoms with van der Waals surface area (Å²) in [5.41, 5.74) is 2.18. The molecule has 0 fully saturated rings. The van der Waals surface area contributed by atoms with Gasteiger partial charge in [0.2, 0.25) is 11.8 Å². The monoisotopic (exact) mass is 466 g/mol. The van der Waals surface area contributed by atoms with Crippen molar-refractivity contribution in [2.24, 2.45) is 0 Å². The molecule has 1 N–H and O–H groups in total. The molecule has 1 unspecified atom stereocenters. The second kappa shape index (κ2) is 15.6. The molecule has 0 bridgehead atoms. The highest BCUT2D eigenvalue weighted by molar-refractivity contribution is 5.87. The van der Waals surface area contributed by atoms with Crippen LogP contribution in [0.3, 0.4) is 0 Å². The van der Waals surface area contributed by atoms with E-state index in [2.05, 4.69) is 5.32 Å². The van der Waals surface area contributed by atoms with Gasteiger partial charge in [-0.25, -0.2) is 0 Å². The van der Waals surface area contributed by atoms with Gasteiger partial charge in [0.15, 0.2) is 0 Å². The van der Waals surface area contributed by atoms with Crippen LogP contribution in [-0.2, 0) is 32.0 Å². The van der Waals surface area contributed by atoms with Crippen molar-refractivity contribution in [2.45, 2.75) is 64.3 Å². The van der Waals surface area contributed by atoms with E-state index < -0.39 is 6.04 Å². The number of carbonyl (C=O) groups excluding carboxylic acids is 3. The fraction of sp³-hybridized carbons (Fsp3) is 0.464. The third kappa shape index (κ3) is 10.2. The lowest BCUT2D eigenvalue weighted by atomic mass is 10.0. The van der Waals surface area contributed by atoms with E-state index in [1.807, 2.05) is 60.7 Å². The second-order valence-corrected chi connectivity index (χ2v) is 8.46. The molecular weight excluding hydrogens is 428 g/mol. The lowest BCUT2D eigenvalue weighted by Gasteiger charge is -2.28. The topological polar surface area (TPSA) is 75.7 Å². The molecule has 0 aliphatic carbocycles. The maximum Gasteiger partial charge on any atom is 0.305 e. The number of esters is 1. The fourth-order valence-electron chi connectivity index (χ4n) is 3.82. The average molecular weight is 467 g/mol. The molecule has 1 atom stereocenters. The van der Waals surface area contributed by atoms with Crippen LogP contribution < -0.4 is 5.32 Å². The van der Waals surface area contributed by atoms with E-state index >= 15 is 0 Å². The quantitative estimate of drug-likeness (QED) is 0.313. The minimum Gasteiger partial charge on any atom is -0.466 e. The first-order chi connectivity index (χ1) is 16.5. The van der Waals surface area contributed by atoms with Crippen LogP contribution in [0.25, 0.3) is 0 Å². The molecule has 2 aromatic carbocycles. The number of ether oxygens (including phenoxy) is 1. The van der Waals surface area contributed by atoms with Crippen LogP contribution in [0.5, 0.6) is 0 Å². The zero-order valence-electron chi connectivity index (χ0n) is 20.5. The van der Waals surface area contributed by atoms with Crippen LogP contribution in [0.15, 0.2) is 60.7 Å². The van der Waals surface area contributed by atoms with Gasteiger partial charge in [-0.1, -0.05) is 73.5 Å². The Hall–Kier alpha value is -3.15. The SMILES string of the molecule is CCOC(=O)CCCCCCC(=O)N(C)C(Cc1ccccc1)C(=O)NCCc1ccccc1. The Morgan fingerprint density at radius 2 is 1.44 bits per heavy atom. The number of unbranched alkanes of at least 4 members (excludes halogenated alkanes) is 3. The van der Waals surface area contributed by atoms with Crippen molar-refractivity contribution in [2.75, 3.05) is 20.2 Å². The van der Waals surface area contributed by atoms with Crippen molar-refractivity contribution in [1.29, 1.82) is 0 Å². The van der Waals surface area contributed by atoms with Crippen molar-refractivity contribution in [1.82, 2.24) is 10.2 Å². The van der Waals surface area contributed by atoms with Gasteiger partial charge in [0, 0.05) is 32.9 Å². The van der Waals surface area contributed by atoms with Crippen molar-refractivity contribution >= 4 is 17.8 Å². The molecule has 0 aliphatic heterocycles. The molecule has 6 nitrogen and oxygen atoms in total. The number of likely N-dealkylation sites (N-methyl/N-ethyl adjacent to an activating group) is 1. The molecule has 0 aromatic heterocycles. The number of carbonyl (C=O) groups is 3. The Balaban J connectivity index is 1.85. The highest BCUT2D eigenvalue weighted by atomic mass is 16.5. The zero-order chi connectivity index (χ0) is 24.6. The first-order valence-corrected chi connectivity index (χ1v) is 12.3. The van der Waals surface area contributed by atoms with Crippen LogP contribution in [0.2, 0.25) is 0 Å². The minimum absolute atomic E-state index is 0.0375. The standard InChI is InChI=1S/C28H38N2O4/c1-3-34-27(32)19-13-5-4-12-18-26(31)30(2)25(22-24-16-10-7-11-17-24)28(33)29-21-20-23-14-8-6-9-15-23/h6-11,14-17,25H,3-5,12-13,18-22H2,1-2H3,(H,29,33). The number of nitrogens with zero attached hydrogens (tertiary/aromatic N) is 1. The van der Waals surface area contributed by atoms with Gasteiger partial charge in [0.1, 0.15) is 6.04 Å². The number of rotatable bonds is 15. The molecule has 0 radical (unpaired) electrons. The van der Waals surface area contributed by atoms with Crippen LogP contribution >= 0.6 is 0 Å². The third-order valence-electron chi connectivity index (χ3n) is 5.82. The number of amides is 2. The van der Waals surface area contributed by atoms with Crippen LogP contribution in [-0.4, -0.2) is 48.9 Å². The first kappa shape index (κ1) is 27.1. The predicted molar refractivity (Wildman–Crippen MR) is 134 cm³/mol. The molecule has 0 heterocycles. The summed E-state index contributed by atoms with van der Waals surface area (Å²) in [6.07, 6.45) is 5.27. The van der Waals surface area contributed by atoms with Gasteiger partial charge < -0.3 is 15.0 Å². The summed E-state index contributed by atoms with van der Waals surface area (Å²) in [6, 6.07) is 19.2. The number of benzene rings is 2. The van der Waals surface area contributed by atoms with E-state index in [9.17, 15) is 14.4 Å². The van der Waals surface area contributed by atoms with E-state index in [1.54, 1.807) is 18.9 Å². The summed E-state index contributed by atoms with van der Waals surface area (Å²) in [5, 5.41) is 3.02. The lowest BCUT2D eigenvalue weighted by Crippen LogP contribution is -2.49. The van der Waals surface area contributed by atoms with Gasteiger partial charge in [-0.05, 0) is 37.3 Å². The highest BCUT2D eigenvalue weighted by Crippen LogP contribution is 2.13. The summed E-state index contributed by atoms with van der Waals surface area (Å²) in [5.74, 6) is -0.338. The Morgan fingerprint density at radius 3 is 2.06 bits per heavy atom. The Labute approximate surface area is 203 Å². The molecule has 0 saturated carbocycles. The Bertz CT molecular complexity index is 870. The zero-order valence-corrected chi connectivity index (χ0v) is 20.5. The van der Waals surface area contributed by atoms with E-state index in [-0.39, 0.29) is 17.8 Å². The summed E-state index contributed by atoms with van der Waals surface area (Å²) in [4.78, 5) is 38.9. The number of hydrogen-bond acceptors (Lipinski definition) is 4. The fourth-order valence-corrected chi connectivity index (χ4v) is 3.82. The molecule has 2 rings (SSSR count). The van der Waals surface area contributed by atoms with Crippen molar-refractivity contribution < 1.29 is 19.1 Å². The predicted octanol–water partition coefficient (Wildman–Crippen LogP) is 4.32. The Morgan fingerprint density at radius 1 is 0.853 bits per heavy atom. The van der Waals surface area contributed by atoms with Gasteiger partial charge in [-0.3, -0.25) is 14.4 Å². The van der Waals surface area contributed by atoms with E-state index in [0.29, 0.717) is 32.4 Å². The van der Waals surface area contributed by atoms with E-state index in [4.69, 9.17) is 4.74 Å². The van der Waals surface area contributed by atoms with E-state index in [0.717, 1.165) is 43.2 Å². The molecule has 34 heavy (non-hydrogen) atoms. The lowest BCUT2D eigenvalue weighted by molar-refractivity contribution is -0.143. The van der Waals surface area contributed by atoms with Gasteiger partial charge in [-0.15, -0.1) is 0 Å².